The molecule has 1 rings (SSSR count). The molecule has 0 aliphatic rings. The van der Waals surface area contributed by atoms with Crippen molar-refractivity contribution in [1.82, 2.24) is 4.98 Å². The Bertz CT molecular complexity index is 416. The summed E-state index contributed by atoms with van der Waals surface area (Å²) in [5.74, 6) is 0. The van der Waals surface area contributed by atoms with Crippen LogP contribution in [0.25, 0.3) is 0 Å². The Morgan fingerprint density at radius 2 is 1.94 bits per heavy atom. The molecule has 0 aliphatic carbocycles. The minimum Gasteiger partial charge on any atom is -0.397 e. The standard InChI is InChI=1S/C8H5F5N2O/c9-7(10)5-4(2-16)15-1-3(14)6(5)8(11,12)13/h1-2,7H,14H2. The fourth-order valence-corrected chi connectivity index (χ4v) is 1.19. The van der Waals surface area contributed by atoms with Gasteiger partial charge < -0.3 is 5.73 Å². The van der Waals surface area contributed by atoms with Crippen LogP contribution in [0.1, 0.15) is 28.0 Å². The molecule has 0 amide bonds. The number of hydrogen-bond acceptors (Lipinski definition) is 3. The van der Waals surface area contributed by atoms with Crippen molar-refractivity contribution in [3.8, 4) is 0 Å². The maximum Gasteiger partial charge on any atom is 0.418 e. The van der Waals surface area contributed by atoms with Gasteiger partial charge >= 0.3 is 6.18 Å². The number of nitrogens with zero attached hydrogens (tertiary/aromatic N) is 1. The fraction of sp³-hybridized carbons (Fsp3) is 0.250. The molecule has 1 aromatic heterocycles. The van der Waals surface area contributed by atoms with E-state index in [1.54, 1.807) is 0 Å². The number of aromatic nitrogens is 1. The zero-order chi connectivity index (χ0) is 12.5. The first-order valence-electron chi connectivity index (χ1n) is 3.88. The fourth-order valence-electron chi connectivity index (χ4n) is 1.19. The number of rotatable bonds is 2. The van der Waals surface area contributed by atoms with Gasteiger partial charge in [0.1, 0.15) is 5.69 Å². The molecule has 0 aromatic carbocycles. The van der Waals surface area contributed by atoms with Crippen LogP contribution in [0.2, 0.25) is 0 Å². The number of nitrogen functional groups attached to an aromatic ring is 1. The van der Waals surface area contributed by atoms with E-state index >= 15 is 0 Å². The van der Waals surface area contributed by atoms with Crippen LogP contribution >= 0.6 is 0 Å². The van der Waals surface area contributed by atoms with Crippen molar-refractivity contribution < 1.29 is 26.7 Å². The number of anilines is 1. The van der Waals surface area contributed by atoms with Crippen LogP contribution in [0.15, 0.2) is 6.20 Å². The number of nitrogens with two attached hydrogens (primary N) is 1. The van der Waals surface area contributed by atoms with Gasteiger partial charge in [0.25, 0.3) is 6.43 Å². The minimum atomic E-state index is -5.06. The molecule has 0 bridgehead atoms. The van der Waals surface area contributed by atoms with Crippen molar-refractivity contribution in [2.45, 2.75) is 12.6 Å². The number of carbonyl (C=O) groups excluding carboxylic acids is 1. The summed E-state index contributed by atoms with van der Waals surface area (Å²) in [4.78, 5) is 13.4. The molecule has 1 aromatic rings. The van der Waals surface area contributed by atoms with Crippen LogP contribution in [0.5, 0.6) is 0 Å². The highest BCUT2D eigenvalue weighted by Crippen LogP contribution is 2.40. The van der Waals surface area contributed by atoms with Crippen molar-refractivity contribution in [3.63, 3.8) is 0 Å². The zero-order valence-electron chi connectivity index (χ0n) is 7.55. The van der Waals surface area contributed by atoms with Gasteiger partial charge in [-0.3, -0.25) is 9.78 Å². The molecular formula is C8H5F5N2O. The van der Waals surface area contributed by atoms with Gasteiger partial charge in [-0.25, -0.2) is 8.78 Å². The monoisotopic (exact) mass is 240 g/mol. The molecule has 3 nitrogen and oxygen atoms in total. The van der Waals surface area contributed by atoms with Crippen molar-refractivity contribution in [2.24, 2.45) is 0 Å². The molecule has 0 spiro atoms. The molecule has 0 aliphatic heterocycles. The summed E-state index contributed by atoms with van der Waals surface area (Å²) in [7, 11) is 0. The third kappa shape index (κ3) is 2.10. The second-order valence-corrected chi connectivity index (χ2v) is 2.80. The Balaban J connectivity index is 3.61. The Morgan fingerprint density at radius 1 is 1.38 bits per heavy atom. The number of halogens is 5. The second kappa shape index (κ2) is 4.03. The van der Waals surface area contributed by atoms with Gasteiger partial charge in [-0.15, -0.1) is 0 Å². The summed E-state index contributed by atoms with van der Waals surface area (Å²) in [6.45, 7) is 0. The average molecular weight is 240 g/mol. The first-order valence-corrected chi connectivity index (χ1v) is 3.88. The van der Waals surface area contributed by atoms with E-state index in [0.717, 1.165) is 0 Å². The first-order chi connectivity index (χ1) is 7.29. The topological polar surface area (TPSA) is 56.0 Å². The van der Waals surface area contributed by atoms with E-state index < -0.39 is 35.1 Å². The molecule has 0 saturated carbocycles. The van der Waals surface area contributed by atoms with Crippen molar-refractivity contribution >= 4 is 12.0 Å². The van der Waals surface area contributed by atoms with E-state index in [4.69, 9.17) is 5.73 Å². The lowest BCUT2D eigenvalue weighted by molar-refractivity contribution is -0.138. The van der Waals surface area contributed by atoms with Crippen LogP contribution in [0, 0.1) is 0 Å². The van der Waals surface area contributed by atoms with E-state index in [-0.39, 0.29) is 6.29 Å². The largest absolute Gasteiger partial charge is 0.418 e. The van der Waals surface area contributed by atoms with Crippen LogP contribution < -0.4 is 5.73 Å². The lowest BCUT2D eigenvalue weighted by atomic mass is 10.1. The van der Waals surface area contributed by atoms with Crippen LogP contribution in [-0.4, -0.2) is 11.3 Å². The summed E-state index contributed by atoms with van der Waals surface area (Å²) in [5, 5.41) is 0. The van der Waals surface area contributed by atoms with Gasteiger partial charge in [0.15, 0.2) is 6.29 Å². The summed E-state index contributed by atoms with van der Waals surface area (Å²) in [5.41, 5.74) is -0.154. The Labute approximate surface area is 86.1 Å². The van der Waals surface area contributed by atoms with Gasteiger partial charge in [-0.05, 0) is 0 Å². The quantitative estimate of drug-likeness (QED) is 0.638. The Kier molecular flexibility index (Phi) is 3.11. The highest BCUT2D eigenvalue weighted by Gasteiger charge is 2.39. The predicted molar refractivity (Wildman–Crippen MR) is 44.0 cm³/mol. The summed E-state index contributed by atoms with van der Waals surface area (Å²) in [6.07, 6.45) is -8.18. The molecular weight excluding hydrogens is 235 g/mol. The van der Waals surface area contributed by atoms with Crippen LogP contribution in [-0.2, 0) is 6.18 Å². The van der Waals surface area contributed by atoms with Gasteiger partial charge in [0, 0.05) is 0 Å². The van der Waals surface area contributed by atoms with E-state index in [1.807, 2.05) is 0 Å². The molecule has 0 fully saturated rings. The Morgan fingerprint density at radius 3 is 2.31 bits per heavy atom. The number of pyridine rings is 1. The van der Waals surface area contributed by atoms with E-state index in [9.17, 15) is 26.7 Å². The van der Waals surface area contributed by atoms with Crippen molar-refractivity contribution in [1.29, 1.82) is 0 Å². The molecule has 2 N–H and O–H groups in total. The summed E-state index contributed by atoms with van der Waals surface area (Å²) in [6, 6.07) is 0. The molecule has 16 heavy (non-hydrogen) atoms. The lowest BCUT2D eigenvalue weighted by Gasteiger charge is -2.15. The van der Waals surface area contributed by atoms with Gasteiger partial charge in [0.05, 0.1) is 23.0 Å². The molecule has 1 heterocycles. The van der Waals surface area contributed by atoms with Gasteiger partial charge in [0.2, 0.25) is 0 Å². The highest BCUT2D eigenvalue weighted by molar-refractivity contribution is 5.77. The normalized spacial score (nSPS) is 11.9. The average Bonchev–Trinajstić information content (AvgIpc) is 2.15. The molecule has 8 heteroatoms. The highest BCUT2D eigenvalue weighted by atomic mass is 19.4. The molecule has 88 valence electrons. The SMILES string of the molecule is Nc1cnc(C=O)c(C(F)F)c1C(F)(F)F. The van der Waals surface area contributed by atoms with Gasteiger partial charge in [-0.2, -0.15) is 13.2 Å². The maximum absolute atomic E-state index is 12.4. The van der Waals surface area contributed by atoms with Gasteiger partial charge in [-0.1, -0.05) is 0 Å². The van der Waals surface area contributed by atoms with Crippen molar-refractivity contribution in [2.75, 3.05) is 5.73 Å². The Hall–Kier alpha value is -1.73. The molecule has 0 unspecified atom stereocenters. The molecule has 0 atom stereocenters. The third-order valence-electron chi connectivity index (χ3n) is 1.79. The smallest absolute Gasteiger partial charge is 0.397 e. The minimum absolute atomic E-state index is 0.170. The molecule has 0 saturated heterocycles. The second-order valence-electron chi connectivity index (χ2n) is 2.80. The van der Waals surface area contributed by atoms with E-state index in [0.29, 0.717) is 6.20 Å². The van der Waals surface area contributed by atoms with Crippen LogP contribution in [0.4, 0.5) is 27.6 Å². The zero-order valence-corrected chi connectivity index (χ0v) is 7.55. The number of carbonyl (C=O) groups is 1. The van der Waals surface area contributed by atoms with E-state index in [2.05, 4.69) is 4.98 Å². The third-order valence-corrected chi connectivity index (χ3v) is 1.79. The number of hydrogen-bond donors (Lipinski definition) is 1. The van der Waals surface area contributed by atoms with Crippen LogP contribution in [0.3, 0.4) is 0 Å². The number of aldehydes is 1. The maximum atomic E-state index is 12.4. The van der Waals surface area contributed by atoms with E-state index in [1.165, 1.54) is 0 Å². The molecule has 0 radical (unpaired) electrons. The predicted octanol–water partition coefficient (Wildman–Crippen LogP) is 2.43. The summed E-state index contributed by atoms with van der Waals surface area (Å²) >= 11 is 0. The number of alkyl halides is 5. The summed E-state index contributed by atoms with van der Waals surface area (Å²) < 4.78 is 62.1. The lowest BCUT2D eigenvalue weighted by Crippen LogP contribution is -2.16. The first kappa shape index (κ1) is 12.3. The van der Waals surface area contributed by atoms with Crippen molar-refractivity contribution in [3.05, 3.63) is 23.0 Å².